The van der Waals surface area contributed by atoms with E-state index in [1.54, 1.807) is 6.33 Å². The molecule has 0 radical (unpaired) electrons. The fraction of sp³-hybridized carbons (Fsp3) is 0.429. The van der Waals surface area contributed by atoms with Gasteiger partial charge in [-0.25, -0.2) is 9.97 Å². The first-order chi connectivity index (χ1) is 9.29. The number of anilines is 1. The summed E-state index contributed by atoms with van der Waals surface area (Å²) in [7, 11) is 0. The van der Waals surface area contributed by atoms with Crippen molar-refractivity contribution in [1.82, 2.24) is 14.9 Å². The van der Waals surface area contributed by atoms with E-state index in [-0.39, 0.29) is 0 Å². The second-order valence-corrected chi connectivity index (χ2v) is 5.61. The maximum absolute atomic E-state index is 4.50. The van der Waals surface area contributed by atoms with Crippen molar-refractivity contribution in [2.75, 3.05) is 37.6 Å². The van der Waals surface area contributed by atoms with E-state index in [1.165, 1.54) is 0 Å². The number of benzene rings is 1. The van der Waals surface area contributed by atoms with Crippen LogP contribution in [0.1, 0.15) is 6.92 Å². The zero-order chi connectivity index (χ0) is 13.2. The zero-order valence-electron chi connectivity index (χ0n) is 11.0. The van der Waals surface area contributed by atoms with Gasteiger partial charge in [-0.15, -0.1) is 0 Å². The zero-order valence-corrected chi connectivity index (χ0v) is 12.6. The molecule has 100 valence electrons. The number of para-hydroxylation sites is 1. The van der Waals surface area contributed by atoms with Crippen molar-refractivity contribution < 1.29 is 0 Å². The first-order valence-electron chi connectivity index (χ1n) is 6.66. The maximum Gasteiger partial charge on any atom is 0.140 e. The predicted molar refractivity (Wildman–Crippen MR) is 81.6 cm³/mol. The Morgan fingerprint density at radius 3 is 2.68 bits per heavy atom. The van der Waals surface area contributed by atoms with Crippen molar-refractivity contribution in [3.63, 3.8) is 0 Å². The van der Waals surface area contributed by atoms with E-state index in [2.05, 4.69) is 48.7 Å². The Morgan fingerprint density at radius 2 is 1.95 bits per heavy atom. The fourth-order valence-electron chi connectivity index (χ4n) is 2.57. The standard InChI is InChI=1S/C14H17BrN4/c1-2-18-6-8-19(9-7-18)14-11-4-3-5-12(15)13(11)16-10-17-14/h3-5,10H,2,6-9H2,1H3. The summed E-state index contributed by atoms with van der Waals surface area (Å²) in [5.41, 5.74) is 0.991. The molecule has 0 unspecified atom stereocenters. The third-order valence-corrected chi connectivity index (χ3v) is 4.35. The highest BCUT2D eigenvalue weighted by Crippen LogP contribution is 2.28. The topological polar surface area (TPSA) is 32.3 Å². The lowest BCUT2D eigenvalue weighted by Gasteiger charge is -2.35. The Morgan fingerprint density at radius 1 is 1.16 bits per heavy atom. The molecular formula is C14H17BrN4. The number of fused-ring (bicyclic) bond motifs is 1. The molecular weight excluding hydrogens is 304 g/mol. The fourth-order valence-corrected chi connectivity index (χ4v) is 3.03. The summed E-state index contributed by atoms with van der Waals surface area (Å²) in [5, 5.41) is 1.13. The van der Waals surface area contributed by atoms with E-state index in [4.69, 9.17) is 0 Å². The molecule has 1 aromatic carbocycles. The maximum atomic E-state index is 4.50. The number of nitrogens with zero attached hydrogens (tertiary/aromatic N) is 4. The first-order valence-corrected chi connectivity index (χ1v) is 7.45. The highest BCUT2D eigenvalue weighted by atomic mass is 79.9. The molecule has 1 aliphatic heterocycles. The Hall–Kier alpha value is -1.20. The molecule has 0 saturated carbocycles. The number of rotatable bonds is 2. The van der Waals surface area contributed by atoms with Gasteiger partial charge in [0.25, 0.3) is 0 Å². The van der Waals surface area contributed by atoms with Crippen LogP contribution in [0.25, 0.3) is 10.9 Å². The number of hydrogen-bond acceptors (Lipinski definition) is 4. The van der Waals surface area contributed by atoms with Gasteiger partial charge >= 0.3 is 0 Å². The molecule has 19 heavy (non-hydrogen) atoms. The van der Waals surface area contributed by atoms with Crippen LogP contribution in [0, 0.1) is 0 Å². The third kappa shape index (κ3) is 2.44. The van der Waals surface area contributed by atoms with Gasteiger partial charge in [-0.05, 0) is 34.6 Å². The van der Waals surface area contributed by atoms with Crippen LogP contribution in [0.15, 0.2) is 29.0 Å². The van der Waals surface area contributed by atoms with Crippen LogP contribution < -0.4 is 4.90 Å². The average molecular weight is 321 g/mol. The van der Waals surface area contributed by atoms with Crippen molar-refractivity contribution in [2.45, 2.75) is 6.92 Å². The largest absolute Gasteiger partial charge is 0.353 e. The summed E-state index contributed by atoms with van der Waals surface area (Å²) < 4.78 is 1.03. The quantitative estimate of drug-likeness (QED) is 0.851. The predicted octanol–water partition coefficient (Wildman–Crippen LogP) is 2.53. The molecule has 0 aliphatic carbocycles. The first kappa shape index (κ1) is 12.8. The Labute approximate surface area is 121 Å². The average Bonchev–Trinajstić information content (AvgIpc) is 2.47. The highest BCUT2D eigenvalue weighted by molar-refractivity contribution is 9.10. The van der Waals surface area contributed by atoms with E-state index in [9.17, 15) is 0 Å². The molecule has 0 atom stereocenters. The van der Waals surface area contributed by atoms with Crippen LogP contribution in [-0.2, 0) is 0 Å². The molecule has 0 N–H and O–H groups in total. The van der Waals surface area contributed by atoms with Crippen LogP contribution >= 0.6 is 15.9 Å². The lowest BCUT2D eigenvalue weighted by atomic mass is 10.2. The summed E-state index contributed by atoms with van der Waals surface area (Å²) in [4.78, 5) is 13.7. The number of hydrogen-bond donors (Lipinski definition) is 0. The number of piperazine rings is 1. The molecule has 0 bridgehead atoms. The van der Waals surface area contributed by atoms with Gasteiger partial charge in [-0.2, -0.15) is 0 Å². The van der Waals surface area contributed by atoms with Crippen molar-refractivity contribution in [1.29, 1.82) is 0 Å². The van der Waals surface area contributed by atoms with E-state index in [0.717, 1.165) is 53.9 Å². The number of aromatic nitrogens is 2. The second-order valence-electron chi connectivity index (χ2n) is 4.75. The molecule has 3 rings (SSSR count). The van der Waals surface area contributed by atoms with Gasteiger partial charge < -0.3 is 9.80 Å². The molecule has 2 aromatic rings. The van der Waals surface area contributed by atoms with Crippen LogP contribution in [0.4, 0.5) is 5.82 Å². The summed E-state index contributed by atoms with van der Waals surface area (Å²) in [6.07, 6.45) is 1.66. The highest BCUT2D eigenvalue weighted by Gasteiger charge is 2.19. The van der Waals surface area contributed by atoms with Crippen molar-refractivity contribution in [3.8, 4) is 0 Å². The van der Waals surface area contributed by atoms with Crippen LogP contribution in [0.2, 0.25) is 0 Å². The molecule has 4 nitrogen and oxygen atoms in total. The molecule has 1 fully saturated rings. The van der Waals surface area contributed by atoms with Gasteiger partial charge in [0.2, 0.25) is 0 Å². The molecule has 1 aliphatic rings. The van der Waals surface area contributed by atoms with E-state index in [0.29, 0.717) is 0 Å². The normalized spacial score (nSPS) is 17.1. The van der Waals surface area contributed by atoms with E-state index < -0.39 is 0 Å². The van der Waals surface area contributed by atoms with Crippen molar-refractivity contribution >= 4 is 32.7 Å². The molecule has 2 heterocycles. The lowest BCUT2D eigenvalue weighted by molar-refractivity contribution is 0.271. The second kappa shape index (κ2) is 5.43. The smallest absolute Gasteiger partial charge is 0.140 e. The van der Waals surface area contributed by atoms with E-state index >= 15 is 0 Å². The van der Waals surface area contributed by atoms with Gasteiger partial charge in [0, 0.05) is 36.0 Å². The Bertz CT molecular complexity index is 579. The minimum atomic E-state index is 0.991. The van der Waals surface area contributed by atoms with E-state index in [1.807, 2.05) is 12.1 Å². The molecule has 0 amide bonds. The summed E-state index contributed by atoms with van der Waals surface area (Å²) in [5.74, 6) is 1.06. The summed E-state index contributed by atoms with van der Waals surface area (Å²) in [6, 6.07) is 6.16. The van der Waals surface area contributed by atoms with Gasteiger partial charge in [-0.1, -0.05) is 13.0 Å². The number of halogens is 1. The minimum Gasteiger partial charge on any atom is -0.353 e. The van der Waals surface area contributed by atoms with Crippen LogP contribution in [0.3, 0.4) is 0 Å². The lowest BCUT2D eigenvalue weighted by Crippen LogP contribution is -2.46. The van der Waals surface area contributed by atoms with Crippen molar-refractivity contribution in [2.24, 2.45) is 0 Å². The number of likely N-dealkylation sites (N-methyl/N-ethyl adjacent to an activating group) is 1. The summed E-state index contributed by atoms with van der Waals surface area (Å²) in [6.45, 7) is 7.63. The summed E-state index contributed by atoms with van der Waals surface area (Å²) >= 11 is 3.56. The van der Waals surface area contributed by atoms with Gasteiger partial charge in [0.1, 0.15) is 12.1 Å². The third-order valence-electron chi connectivity index (χ3n) is 3.71. The minimum absolute atomic E-state index is 0.991. The van der Waals surface area contributed by atoms with Crippen molar-refractivity contribution in [3.05, 3.63) is 29.0 Å². The molecule has 1 aromatic heterocycles. The van der Waals surface area contributed by atoms with Crippen LogP contribution in [-0.4, -0.2) is 47.6 Å². The molecule has 0 spiro atoms. The van der Waals surface area contributed by atoms with Crippen LogP contribution in [0.5, 0.6) is 0 Å². The van der Waals surface area contributed by atoms with Gasteiger partial charge in [0.15, 0.2) is 0 Å². The Kier molecular flexibility index (Phi) is 3.66. The monoisotopic (exact) mass is 320 g/mol. The molecule has 5 heteroatoms. The molecule has 1 saturated heterocycles. The SMILES string of the molecule is CCN1CCN(c2ncnc3c(Br)cccc23)CC1. The van der Waals surface area contributed by atoms with Gasteiger partial charge in [0.05, 0.1) is 5.52 Å². The Balaban J connectivity index is 1.95. The van der Waals surface area contributed by atoms with Gasteiger partial charge in [-0.3, -0.25) is 0 Å².